The van der Waals surface area contributed by atoms with Gasteiger partial charge >= 0.3 is 0 Å². The van der Waals surface area contributed by atoms with Crippen molar-refractivity contribution >= 4 is 17.7 Å². The van der Waals surface area contributed by atoms with Crippen LogP contribution in [0.1, 0.15) is 25.7 Å². The Balaban J connectivity index is 1.38. The van der Waals surface area contributed by atoms with Crippen molar-refractivity contribution in [2.24, 2.45) is 0 Å². The van der Waals surface area contributed by atoms with E-state index in [4.69, 9.17) is 9.47 Å². The Kier molecular flexibility index (Phi) is 6.86. The molecule has 1 saturated carbocycles. The number of nitrogens with one attached hydrogen (secondary N) is 1. The van der Waals surface area contributed by atoms with Gasteiger partial charge in [-0.3, -0.25) is 9.78 Å². The second kappa shape index (κ2) is 9.55. The molecule has 1 heterocycles. The molecule has 0 bridgehead atoms. The Morgan fingerprint density at radius 3 is 2.59 bits per heavy atom. The number of methoxy groups -OCH3 is 1. The van der Waals surface area contributed by atoms with Gasteiger partial charge in [0, 0.05) is 10.9 Å². The van der Waals surface area contributed by atoms with E-state index >= 15 is 0 Å². The Bertz CT molecular complexity index is 752. The Labute approximate surface area is 161 Å². The van der Waals surface area contributed by atoms with Crippen molar-refractivity contribution in [2.45, 2.75) is 42.7 Å². The summed E-state index contributed by atoms with van der Waals surface area (Å²) in [5.41, 5.74) is 0. The van der Waals surface area contributed by atoms with E-state index in [-0.39, 0.29) is 23.9 Å². The van der Waals surface area contributed by atoms with Crippen molar-refractivity contribution in [1.82, 2.24) is 15.3 Å². The van der Waals surface area contributed by atoms with Gasteiger partial charge in [-0.2, -0.15) is 4.98 Å². The molecule has 1 aromatic heterocycles. The molecule has 0 radical (unpaired) electrons. The molecule has 0 atom stereocenters. The van der Waals surface area contributed by atoms with Crippen molar-refractivity contribution in [3.8, 4) is 11.8 Å². The molecule has 3 rings (SSSR count). The highest BCUT2D eigenvalue weighted by atomic mass is 32.2. The molecule has 1 fully saturated rings. The predicted octanol–water partition coefficient (Wildman–Crippen LogP) is 3.22. The third-order valence-electron chi connectivity index (χ3n) is 4.31. The lowest BCUT2D eigenvalue weighted by Crippen LogP contribution is -2.40. The van der Waals surface area contributed by atoms with Gasteiger partial charge in [0.15, 0.2) is 0 Å². The number of nitrogens with zero attached hydrogens (tertiary/aromatic N) is 2. The van der Waals surface area contributed by atoms with Crippen LogP contribution in [-0.2, 0) is 4.79 Å². The molecular weight excluding hydrogens is 369 g/mol. The SMILES string of the molecule is COc1cncc(OC2CCC(NC(=O)CSc3ccc(F)cc3)CC2)n1. The minimum atomic E-state index is -0.275. The topological polar surface area (TPSA) is 73.3 Å². The van der Waals surface area contributed by atoms with E-state index in [2.05, 4.69) is 15.3 Å². The number of benzene rings is 1. The van der Waals surface area contributed by atoms with Crippen LogP contribution in [0.2, 0.25) is 0 Å². The number of carbonyl (C=O) groups excluding carboxylic acids is 1. The fourth-order valence-corrected chi connectivity index (χ4v) is 3.64. The van der Waals surface area contributed by atoms with Gasteiger partial charge in [0.1, 0.15) is 11.9 Å². The maximum absolute atomic E-state index is 12.9. The van der Waals surface area contributed by atoms with Gasteiger partial charge in [-0.15, -0.1) is 11.8 Å². The molecule has 1 aliphatic carbocycles. The molecule has 144 valence electrons. The highest BCUT2D eigenvalue weighted by Gasteiger charge is 2.24. The maximum Gasteiger partial charge on any atom is 0.235 e. The van der Waals surface area contributed by atoms with Crippen molar-refractivity contribution in [1.29, 1.82) is 0 Å². The monoisotopic (exact) mass is 391 g/mol. The summed E-state index contributed by atoms with van der Waals surface area (Å²) >= 11 is 1.40. The van der Waals surface area contributed by atoms with Crippen LogP contribution in [0.4, 0.5) is 4.39 Å². The van der Waals surface area contributed by atoms with E-state index in [1.165, 1.54) is 37.2 Å². The van der Waals surface area contributed by atoms with Gasteiger partial charge < -0.3 is 14.8 Å². The number of amides is 1. The van der Waals surface area contributed by atoms with E-state index in [1.54, 1.807) is 18.3 Å². The van der Waals surface area contributed by atoms with E-state index < -0.39 is 0 Å². The van der Waals surface area contributed by atoms with Crippen LogP contribution in [0.5, 0.6) is 11.8 Å². The summed E-state index contributed by atoms with van der Waals surface area (Å²) in [6, 6.07) is 6.30. The van der Waals surface area contributed by atoms with Gasteiger partial charge in [0.2, 0.25) is 17.7 Å². The number of ether oxygens (including phenoxy) is 2. The second-order valence-electron chi connectivity index (χ2n) is 6.30. The van der Waals surface area contributed by atoms with E-state index in [1.807, 2.05) is 0 Å². The molecule has 8 heteroatoms. The van der Waals surface area contributed by atoms with Crippen LogP contribution in [0.15, 0.2) is 41.6 Å². The van der Waals surface area contributed by atoms with Gasteiger partial charge in [-0.1, -0.05) is 0 Å². The van der Waals surface area contributed by atoms with E-state index in [9.17, 15) is 9.18 Å². The summed E-state index contributed by atoms with van der Waals surface area (Å²) in [6.07, 6.45) is 6.56. The van der Waals surface area contributed by atoms with Crippen LogP contribution in [-0.4, -0.2) is 40.9 Å². The molecule has 1 aromatic carbocycles. The molecule has 1 aliphatic rings. The van der Waals surface area contributed by atoms with Crippen molar-refractivity contribution in [3.63, 3.8) is 0 Å². The first-order chi connectivity index (χ1) is 13.1. The van der Waals surface area contributed by atoms with Crippen LogP contribution in [0.25, 0.3) is 0 Å². The van der Waals surface area contributed by atoms with Crippen LogP contribution >= 0.6 is 11.8 Å². The van der Waals surface area contributed by atoms with Gasteiger partial charge in [0.25, 0.3) is 0 Å². The summed E-state index contributed by atoms with van der Waals surface area (Å²) in [5.74, 6) is 0.918. The minimum absolute atomic E-state index is 0.00708. The lowest BCUT2D eigenvalue weighted by atomic mass is 9.93. The zero-order valence-corrected chi connectivity index (χ0v) is 15.9. The molecule has 27 heavy (non-hydrogen) atoms. The molecule has 2 aromatic rings. The molecule has 0 saturated heterocycles. The summed E-state index contributed by atoms with van der Waals surface area (Å²) in [6.45, 7) is 0. The average Bonchev–Trinajstić information content (AvgIpc) is 2.69. The van der Waals surface area contributed by atoms with E-state index in [0.717, 1.165) is 30.6 Å². The quantitative estimate of drug-likeness (QED) is 0.731. The lowest BCUT2D eigenvalue weighted by molar-refractivity contribution is -0.119. The number of aromatic nitrogens is 2. The molecule has 1 amide bonds. The number of rotatable bonds is 7. The Morgan fingerprint density at radius 2 is 1.89 bits per heavy atom. The highest BCUT2D eigenvalue weighted by Crippen LogP contribution is 2.24. The summed E-state index contributed by atoms with van der Waals surface area (Å²) in [7, 11) is 1.54. The zero-order valence-electron chi connectivity index (χ0n) is 15.1. The van der Waals surface area contributed by atoms with E-state index in [0.29, 0.717) is 17.5 Å². The first-order valence-electron chi connectivity index (χ1n) is 8.83. The smallest absolute Gasteiger partial charge is 0.235 e. The Hall–Kier alpha value is -2.35. The number of carbonyl (C=O) groups is 1. The third-order valence-corrected chi connectivity index (χ3v) is 5.32. The summed E-state index contributed by atoms with van der Waals surface area (Å²) in [4.78, 5) is 21.2. The van der Waals surface area contributed by atoms with Crippen molar-refractivity contribution < 1.29 is 18.7 Å². The predicted molar refractivity (Wildman–Crippen MR) is 101 cm³/mol. The maximum atomic E-state index is 12.9. The number of hydrogen-bond donors (Lipinski definition) is 1. The molecule has 0 unspecified atom stereocenters. The number of halogens is 1. The fourth-order valence-electron chi connectivity index (χ4n) is 2.93. The van der Waals surface area contributed by atoms with Gasteiger partial charge in [-0.25, -0.2) is 4.39 Å². The second-order valence-corrected chi connectivity index (χ2v) is 7.35. The number of hydrogen-bond acceptors (Lipinski definition) is 6. The number of thioether (sulfide) groups is 1. The zero-order chi connectivity index (χ0) is 19.1. The first kappa shape index (κ1) is 19.4. The standard InChI is InChI=1S/C19H22FN3O3S/c1-25-18-10-21-11-19(23-18)26-15-6-4-14(5-7-15)22-17(24)12-27-16-8-2-13(20)3-9-16/h2-3,8-11,14-15H,4-7,12H2,1H3,(H,22,24). The average molecular weight is 391 g/mol. The van der Waals surface area contributed by atoms with Gasteiger partial charge in [-0.05, 0) is 49.9 Å². The van der Waals surface area contributed by atoms with Crippen LogP contribution < -0.4 is 14.8 Å². The van der Waals surface area contributed by atoms with Gasteiger partial charge in [0.05, 0.1) is 25.3 Å². The minimum Gasteiger partial charge on any atom is -0.480 e. The van der Waals surface area contributed by atoms with Crippen molar-refractivity contribution in [3.05, 3.63) is 42.5 Å². The third kappa shape index (κ3) is 6.09. The fraction of sp³-hybridized carbons (Fsp3) is 0.421. The lowest BCUT2D eigenvalue weighted by Gasteiger charge is -2.29. The summed E-state index contributed by atoms with van der Waals surface area (Å²) < 4.78 is 23.8. The largest absolute Gasteiger partial charge is 0.480 e. The molecular formula is C19H22FN3O3S. The molecule has 6 nitrogen and oxygen atoms in total. The normalized spacial score (nSPS) is 19.3. The highest BCUT2D eigenvalue weighted by molar-refractivity contribution is 8.00. The molecule has 0 spiro atoms. The first-order valence-corrected chi connectivity index (χ1v) is 9.81. The van der Waals surface area contributed by atoms with Crippen LogP contribution in [0, 0.1) is 5.82 Å². The molecule has 1 N–H and O–H groups in total. The van der Waals surface area contributed by atoms with Crippen molar-refractivity contribution in [2.75, 3.05) is 12.9 Å². The molecule has 0 aliphatic heterocycles. The summed E-state index contributed by atoms with van der Waals surface area (Å²) in [5, 5.41) is 3.07. The van der Waals surface area contributed by atoms with Crippen LogP contribution in [0.3, 0.4) is 0 Å². The Morgan fingerprint density at radius 1 is 1.19 bits per heavy atom.